The number of nitrogens with two attached hydrogens (primary N) is 1. The number of rotatable bonds is 4. The van der Waals surface area contributed by atoms with Crippen LogP contribution >= 0.6 is 11.3 Å². The quantitative estimate of drug-likeness (QED) is 0.503. The van der Waals surface area contributed by atoms with Crippen LogP contribution in [-0.4, -0.2) is 34.0 Å². The van der Waals surface area contributed by atoms with Crippen LogP contribution in [0.3, 0.4) is 0 Å². The lowest BCUT2D eigenvalue weighted by Crippen LogP contribution is -2.80. The van der Waals surface area contributed by atoms with E-state index < -0.39 is 24.2 Å². The molecule has 1 aliphatic heterocycles. The molecular formula is C20H15F3N4O4S. The average molecular weight is 464 g/mol. The molecule has 166 valence electrons. The highest BCUT2D eigenvalue weighted by atomic mass is 32.1. The number of aliphatic imine (C=N–C) groups is 1. The van der Waals surface area contributed by atoms with Crippen molar-refractivity contribution in [1.82, 2.24) is 4.98 Å². The molecule has 0 bridgehead atoms. The van der Waals surface area contributed by atoms with E-state index >= 15 is 0 Å². The zero-order valence-electron chi connectivity index (χ0n) is 16.0. The maximum absolute atomic E-state index is 12.3. The first kappa shape index (κ1) is 23.1. The van der Waals surface area contributed by atoms with E-state index in [1.807, 2.05) is 28.9 Å². The molecule has 0 fully saturated rings. The van der Waals surface area contributed by atoms with E-state index in [0.29, 0.717) is 11.3 Å². The molecule has 0 saturated carbocycles. The Morgan fingerprint density at radius 2 is 1.84 bits per heavy atom. The molecule has 1 aromatic heterocycles. The summed E-state index contributed by atoms with van der Waals surface area (Å²) < 4.78 is 31.5. The van der Waals surface area contributed by atoms with Crippen LogP contribution in [0.15, 0.2) is 64.4 Å². The van der Waals surface area contributed by atoms with Gasteiger partial charge in [0.05, 0.1) is 5.51 Å². The van der Waals surface area contributed by atoms with E-state index in [-0.39, 0.29) is 0 Å². The lowest BCUT2D eigenvalue weighted by Gasteiger charge is -2.11. The van der Waals surface area contributed by atoms with Crippen LogP contribution in [0.2, 0.25) is 0 Å². The first-order valence-electron chi connectivity index (χ1n) is 8.93. The fourth-order valence-electron chi connectivity index (χ4n) is 2.63. The standard InChI is InChI=1S/C18H14N4O2S.C2HF3O2/c23-16(11-4-2-1-3-5-11)18(24)20-12-6-7-13-14(8-12)22-17(21-13)15-9-25-10-19-15;3-2(4,5)1(6)7/h1-10,16,23H,(H,20,24)(H,21,22);(H,6,7). The molecule has 2 heterocycles. The third-order valence-electron chi connectivity index (χ3n) is 4.12. The van der Waals surface area contributed by atoms with Gasteiger partial charge in [0.2, 0.25) is 0 Å². The molecule has 3 aromatic rings. The largest absolute Gasteiger partial charge is 0.542 e. The first-order valence-corrected chi connectivity index (χ1v) is 9.87. The van der Waals surface area contributed by atoms with Gasteiger partial charge in [-0.25, -0.2) is 4.98 Å². The number of fused-ring (bicyclic) bond motifs is 1. The van der Waals surface area contributed by atoms with Gasteiger partial charge >= 0.3 is 6.18 Å². The number of carboxylic acids is 1. The minimum absolute atomic E-state index is 0.468. The van der Waals surface area contributed by atoms with Gasteiger partial charge < -0.3 is 20.3 Å². The Kier molecular flexibility index (Phi) is 6.98. The highest BCUT2D eigenvalue weighted by Gasteiger charge is 2.29. The number of amidine groups is 1. The number of aliphatic hydroxyl groups excluding tert-OH is 1. The van der Waals surface area contributed by atoms with Crippen molar-refractivity contribution >= 4 is 46.1 Å². The number of aliphatic carboxylic acids is 1. The summed E-state index contributed by atoms with van der Waals surface area (Å²) in [5, 5.41) is 25.6. The molecule has 1 atom stereocenters. The summed E-state index contributed by atoms with van der Waals surface area (Å²) in [5.41, 5.74) is 5.53. The number of hydrogen-bond donors (Lipinski definition) is 3. The predicted molar refractivity (Wildman–Crippen MR) is 107 cm³/mol. The number of alkyl halides is 3. The number of halogens is 3. The van der Waals surface area contributed by atoms with Crippen LogP contribution in [-0.2, 0) is 9.59 Å². The number of carboxylic acid groups (broad SMARTS) is 1. The number of anilines is 1. The molecule has 4 N–H and O–H groups in total. The van der Waals surface area contributed by atoms with Gasteiger partial charge in [-0.15, -0.1) is 11.3 Å². The second kappa shape index (κ2) is 9.68. The summed E-state index contributed by atoms with van der Waals surface area (Å²) in [6.07, 6.45) is -6.40. The third-order valence-corrected chi connectivity index (χ3v) is 4.70. The van der Waals surface area contributed by atoms with E-state index in [9.17, 15) is 23.1 Å². The van der Waals surface area contributed by atoms with Crippen molar-refractivity contribution in [2.24, 2.45) is 4.99 Å². The Labute approximate surface area is 183 Å². The minimum Gasteiger partial charge on any atom is -0.542 e. The molecule has 0 radical (unpaired) electrons. The number of nitrogens with zero attached hydrogens (tertiary/aromatic N) is 2. The molecule has 1 aliphatic rings. The Morgan fingerprint density at radius 3 is 2.44 bits per heavy atom. The first-order chi connectivity index (χ1) is 15.1. The second-order valence-electron chi connectivity index (χ2n) is 6.38. The van der Waals surface area contributed by atoms with Crippen molar-refractivity contribution in [3.05, 3.63) is 70.7 Å². The van der Waals surface area contributed by atoms with Gasteiger partial charge in [0.25, 0.3) is 11.7 Å². The number of thiazole rings is 1. The predicted octanol–water partition coefficient (Wildman–Crippen LogP) is 1.40. The highest BCUT2D eigenvalue weighted by molar-refractivity contribution is 7.07. The molecule has 8 nitrogen and oxygen atoms in total. The molecule has 32 heavy (non-hydrogen) atoms. The number of carbonyl (C=O) groups is 2. The van der Waals surface area contributed by atoms with Gasteiger partial charge in [-0.3, -0.25) is 10.1 Å². The number of carbonyl (C=O) groups excluding carboxylic acids is 2. The molecule has 2 aromatic carbocycles. The van der Waals surface area contributed by atoms with E-state index in [2.05, 4.69) is 15.3 Å². The number of aromatic nitrogens is 1. The van der Waals surface area contributed by atoms with Crippen LogP contribution in [0.4, 0.5) is 30.2 Å². The highest BCUT2D eigenvalue weighted by Crippen LogP contribution is 2.29. The summed E-state index contributed by atoms with van der Waals surface area (Å²) in [6, 6.07) is 14.3. The number of quaternary nitrogens is 1. The van der Waals surface area contributed by atoms with Crippen molar-refractivity contribution < 1.29 is 38.3 Å². The van der Waals surface area contributed by atoms with Crippen molar-refractivity contribution in [2.45, 2.75) is 12.3 Å². The van der Waals surface area contributed by atoms with Gasteiger partial charge in [0.1, 0.15) is 11.7 Å². The Morgan fingerprint density at radius 1 is 1.16 bits per heavy atom. The maximum atomic E-state index is 12.3. The Hall–Kier alpha value is -3.61. The molecule has 1 amide bonds. The molecule has 12 heteroatoms. The van der Waals surface area contributed by atoms with E-state index in [0.717, 1.165) is 22.9 Å². The lowest BCUT2D eigenvalue weighted by molar-refractivity contribution is -0.437. The van der Waals surface area contributed by atoms with Crippen LogP contribution in [0.5, 0.6) is 0 Å². The van der Waals surface area contributed by atoms with Gasteiger partial charge in [0.15, 0.2) is 17.5 Å². The monoisotopic (exact) mass is 464 g/mol. The van der Waals surface area contributed by atoms with Crippen LogP contribution < -0.4 is 15.7 Å². The summed E-state index contributed by atoms with van der Waals surface area (Å²) in [4.78, 5) is 29.8. The maximum Gasteiger partial charge on any atom is 0.430 e. The van der Waals surface area contributed by atoms with Crippen LogP contribution in [0, 0.1) is 0 Å². The molecule has 4 rings (SSSR count). The Bertz CT molecular complexity index is 1140. The van der Waals surface area contributed by atoms with Gasteiger partial charge in [0, 0.05) is 17.1 Å². The van der Waals surface area contributed by atoms with Gasteiger partial charge in [-0.05, 0) is 17.7 Å². The van der Waals surface area contributed by atoms with Crippen molar-refractivity contribution in [3.8, 4) is 0 Å². The van der Waals surface area contributed by atoms with E-state index in [1.54, 1.807) is 35.8 Å². The summed E-state index contributed by atoms with van der Waals surface area (Å²) in [6.45, 7) is 0. The number of benzene rings is 2. The second-order valence-corrected chi connectivity index (χ2v) is 7.10. The summed E-state index contributed by atoms with van der Waals surface area (Å²) in [5.74, 6) is -2.67. The molecule has 0 saturated heterocycles. The molecular weight excluding hydrogens is 449 g/mol. The number of nitrogens with one attached hydrogen (secondary N) is 1. The van der Waals surface area contributed by atoms with Crippen LogP contribution in [0.25, 0.3) is 0 Å². The number of aliphatic hydroxyl groups is 1. The van der Waals surface area contributed by atoms with Gasteiger partial charge in [-0.2, -0.15) is 18.2 Å². The summed E-state index contributed by atoms with van der Waals surface area (Å²) in [7, 11) is 0. The fourth-order valence-corrected chi connectivity index (χ4v) is 3.17. The zero-order valence-corrected chi connectivity index (χ0v) is 16.9. The number of amides is 1. The summed E-state index contributed by atoms with van der Waals surface area (Å²) >= 11 is 1.52. The van der Waals surface area contributed by atoms with Crippen LogP contribution in [0.1, 0.15) is 17.4 Å². The molecule has 0 aliphatic carbocycles. The van der Waals surface area contributed by atoms with Crippen molar-refractivity contribution in [3.63, 3.8) is 0 Å². The third kappa shape index (κ3) is 5.75. The van der Waals surface area contributed by atoms with Crippen molar-refractivity contribution in [2.75, 3.05) is 5.32 Å². The average Bonchev–Trinajstić information content (AvgIpc) is 3.43. The SMILES string of the molecule is O=C(Nc1ccc2c(c1)[NH2+]C(c1cscn1)=N2)C(O)c1ccccc1.O=C([O-])C(F)(F)F. The zero-order chi connectivity index (χ0) is 23.3. The molecule has 0 spiro atoms. The van der Waals surface area contributed by atoms with E-state index in [4.69, 9.17) is 9.90 Å². The fraction of sp³-hybridized carbons (Fsp3) is 0.100. The number of hydrogen-bond acceptors (Lipinski definition) is 7. The smallest absolute Gasteiger partial charge is 0.430 e. The normalized spacial score (nSPS) is 13.3. The topological polar surface area (TPSA) is 131 Å². The van der Waals surface area contributed by atoms with E-state index in [1.165, 1.54) is 11.3 Å². The van der Waals surface area contributed by atoms with Gasteiger partial charge in [-0.1, -0.05) is 30.3 Å². The Balaban J connectivity index is 0.000000360. The lowest BCUT2D eigenvalue weighted by atomic mass is 10.1. The minimum atomic E-state index is -5.19. The van der Waals surface area contributed by atoms with Crippen molar-refractivity contribution in [1.29, 1.82) is 0 Å². The molecule has 1 unspecified atom stereocenters.